The van der Waals surface area contributed by atoms with Gasteiger partial charge in [-0.25, -0.2) is 26.7 Å². The Kier molecular flexibility index (Phi) is 6.02. The molecule has 3 N–H and O–H groups in total. The van der Waals surface area contributed by atoms with E-state index in [1.165, 1.54) is 12.1 Å². The average molecular weight is 544 g/mol. The van der Waals surface area contributed by atoms with E-state index >= 15 is 0 Å². The van der Waals surface area contributed by atoms with Crippen molar-refractivity contribution in [3.05, 3.63) is 76.5 Å². The molecule has 5 rings (SSSR count). The second kappa shape index (κ2) is 8.92. The zero-order valence-electron chi connectivity index (χ0n) is 19.1. The van der Waals surface area contributed by atoms with Crippen LogP contribution in [0.4, 0.5) is 10.3 Å². The number of aromatic nitrogens is 4. The number of halogens is 3. The van der Waals surface area contributed by atoms with Crippen LogP contribution in [0.5, 0.6) is 0 Å². The van der Waals surface area contributed by atoms with Gasteiger partial charge in [0.05, 0.1) is 43.3 Å². The van der Waals surface area contributed by atoms with Gasteiger partial charge in [-0.1, -0.05) is 35.3 Å². The van der Waals surface area contributed by atoms with Gasteiger partial charge in [0.25, 0.3) is 0 Å². The van der Waals surface area contributed by atoms with E-state index in [0.29, 0.717) is 55.0 Å². The standard InChI is InChI=1S/C25H20Cl2FN5O2S/c1-13(2)36(34,35)33-20-12-15(8-11-19(20)30-25(33)29)23-22(14-6-9-16(28)10-7-14)31-24(32-23)21-17(26)4-3-5-18(21)27/h3-13H,1-2H3,(H2,29,30)(H,31,32). The lowest BCUT2D eigenvalue weighted by Gasteiger charge is -2.11. The van der Waals surface area contributed by atoms with Crippen molar-refractivity contribution in [3.63, 3.8) is 0 Å². The molecule has 0 aliphatic carbocycles. The molecule has 36 heavy (non-hydrogen) atoms. The summed E-state index contributed by atoms with van der Waals surface area (Å²) in [5.41, 5.74) is 9.57. The lowest BCUT2D eigenvalue weighted by Crippen LogP contribution is -2.23. The van der Waals surface area contributed by atoms with Gasteiger partial charge in [0, 0.05) is 11.1 Å². The van der Waals surface area contributed by atoms with E-state index in [-0.39, 0.29) is 11.8 Å². The molecule has 3 aromatic carbocycles. The van der Waals surface area contributed by atoms with Gasteiger partial charge in [0.1, 0.15) is 11.6 Å². The molecule has 0 saturated carbocycles. The summed E-state index contributed by atoms with van der Waals surface area (Å²) in [6.45, 7) is 3.15. The highest BCUT2D eigenvalue weighted by Crippen LogP contribution is 2.39. The Labute approximate surface area is 216 Å². The first-order valence-electron chi connectivity index (χ1n) is 10.9. The third-order valence-electron chi connectivity index (χ3n) is 5.80. The molecule has 184 valence electrons. The Balaban J connectivity index is 1.78. The number of hydrogen-bond donors (Lipinski definition) is 2. The Morgan fingerprint density at radius 1 is 0.972 bits per heavy atom. The van der Waals surface area contributed by atoms with E-state index in [1.54, 1.807) is 62.4 Å². The number of H-pyrrole nitrogens is 1. The number of aromatic amines is 1. The normalized spacial score (nSPS) is 12.1. The van der Waals surface area contributed by atoms with Crippen molar-refractivity contribution in [2.75, 3.05) is 5.73 Å². The van der Waals surface area contributed by atoms with Crippen molar-refractivity contribution in [1.29, 1.82) is 0 Å². The number of nitrogens with zero attached hydrogens (tertiary/aromatic N) is 3. The first kappa shape index (κ1) is 24.3. The summed E-state index contributed by atoms with van der Waals surface area (Å²) in [7, 11) is -3.78. The predicted molar refractivity (Wildman–Crippen MR) is 142 cm³/mol. The fourth-order valence-corrected chi connectivity index (χ4v) is 5.67. The molecule has 0 aliphatic heterocycles. The van der Waals surface area contributed by atoms with Gasteiger partial charge in [-0.2, -0.15) is 0 Å². The Bertz CT molecular complexity index is 1710. The molecule has 2 aromatic heterocycles. The number of nitrogens with one attached hydrogen (secondary N) is 1. The number of anilines is 1. The number of rotatable bonds is 5. The van der Waals surface area contributed by atoms with Crippen LogP contribution in [0.25, 0.3) is 44.9 Å². The number of nitrogen functional groups attached to an aromatic ring is 1. The monoisotopic (exact) mass is 543 g/mol. The van der Waals surface area contributed by atoms with E-state index in [1.807, 2.05) is 0 Å². The van der Waals surface area contributed by atoms with Crippen LogP contribution in [0.3, 0.4) is 0 Å². The minimum atomic E-state index is -3.78. The number of imidazole rings is 2. The van der Waals surface area contributed by atoms with Crippen molar-refractivity contribution in [2.45, 2.75) is 19.1 Å². The Morgan fingerprint density at radius 3 is 2.25 bits per heavy atom. The second-order valence-corrected chi connectivity index (χ2v) is 11.6. The molecule has 0 saturated heterocycles. The van der Waals surface area contributed by atoms with Crippen LogP contribution in [0.15, 0.2) is 60.7 Å². The van der Waals surface area contributed by atoms with E-state index in [4.69, 9.17) is 33.9 Å². The summed E-state index contributed by atoms with van der Waals surface area (Å²) in [6, 6.07) is 16.2. The molecule has 0 amide bonds. The zero-order chi connectivity index (χ0) is 25.8. The molecular weight excluding hydrogens is 524 g/mol. The Hall–Kier alpha value is -3.40. The topological polar surface area (TPSA) is 107 Å². The molecular formula is C25H20Cl2FN5O2S. The van der Waals surface area contributed by atoms with Crippen molar-refractivity contribution in [1.82, 2.24) is 18.9 Å². The van der Waals surface area contributed by atoms with Crippen LogP contribution >= 0.6 is 23.2 Å². The summed E-state index contributed by atoms with van der Waals surface area (Å²) in [6.07, 6.45) is 0. The average Bonchev–Trinajstić information content (AvgIpc) is 3.40. The smallest absolute Gasteiger partial charge is 0.244 e. The third kappa shape index (κ3) is 4.03. The summed E-state index contributed by atoms with van der Waals surface area (Å²) in [4.78, 5) is 12.3. The van der Waals surface area contributed by atoms with E-state index in [9.17, 15) is 12.8 Å². The molecule has 0 aliphatic rings. The molecule has 11 heteroatoms. The van der Waals surface area contributed by atoms with E-state index in [2.05, 4.69) is 9.97 Å². The van der Waals surface area contributed by atoms with Gasteiger partial charge in [-0.05, 0) is 62.4 Å². The largest absolute Gasteiger partial charge is 0.368 e. The second-order valence-electron chi connectivity index (χ2n) is 8.44. The van der Waals surface area contributed by atoms with Crippen LogP contribution in [0.1, 0.15) is 13.8 Å². The highest BCUT2D eigenvalue weighted by Gasteiger charge is 2.26. The fourth-order valence-electron chi connectivity index (χ4n) is 3.95. The maximum absolute atomic E-state index is 13.7. The fraction of sp³-hybridized carbons (Fsp3) is 0.120. The van der Waals surface area contributed by atoms with Crippen molar-refractivity contribution in [3.8, 4) is 33.9 Å². The summed E-state index contributed by atoms with van der Waals surface area (Å²) < 4.78 is 40.7. The highest BCUT2D eigenvalue weighted by atomic mass is 35.5. The van der Waals surface area contributed by atoms with Crippen molar-refractivity contribution < 1.29 is 12.8 Å². The number of fused-ring (bicyclic) bond motifs is 1. The minimum absolute atomic E-state index is 0.125. The molecule has 0 atom stereocenters. The molecule has 5 aromatic rings. The number of hydrogen-bond acceptors (Lipinski definition) is 5. The number of nitrogens with two attached hydrogens (primary N) is 1. The lowest BCUT2D eigenvalue weighted by molar-refractivity contribution is 0.580. The first-order chi connectivity index (χ1) is 17.1. The van der Waals surface area contributed by atoms with Gasteiger partial charge in [0.15, 0.2) is 0 Å². The van der Waals surface area contributed by atoms with Crippen molar-refractivity contribution >= 4 is 50.2 Å². The molecule has 0 bridgehead atoms. The summed E-state index contributed by atoms with van der Waals surface area (Å²) in [5, 5.41) is 0.0885. The van der Waals surface area contributed by atoms with Crippen molar-refractivity contribution in [2.24, 2.45) is 0 Å². The predicted octanol–water partition coefficient (Wildman–Crippen LogP) is 6.37. The maximum Gasteiger partial charge on any atom is 0.244 e. The summed E-state index contributed by atoms with van der Waals surface area (Å²) in [5.74, 6) is -0.100. The quantitative estimate of drug-likeness (QED) is 0.267. The van der Waals surface area contributed by atoms with Crippen LogP contribution in [-0.2, 0) is 10.0 Å². The minimum Gasteiger partial charge on any atom is -0.368 e. The lowest BCUT2D eigenvalue weighted by atomic mass is 10.0. The summed E-state index contributed by atoms with van der Waals surface area (Å²) >= 11 is 12.9. The van der Waals surface area contributed by atoms with Crippen LogP contribution in [-0.4, -0.2) is 32.6 Å². The third-order valence-corrected chi connectivity index (χ3v) is 8.51. The van der Waals surface area contributed by atoms with E-state index < -0.39 is 15.3 Å². The van der Waals surface area contributed by atoms with Gasteiger partial charge in [0.2, 0.25) is 16.0 Å². The van der Waals surface area contributed by atoms with Crippen LogP contribution in [0.2, 0.25) is 10.0 Å². The van der Waals surface area contributed by atoms with E-state index in [0.717, 1.165) is 3.97 Å². The van der Waals surface area contributed by atoms with Gasteiger partial charge >= 0.3 is 0 Å². The van der Waals surface area contributed by atoms with Gasteiger partial charge < -0.3 is 10.7 Å². The zero-order valence-corrected chi connectivity index (χ0v) is 21.5. The number of benzene rings is 3. The van der Waals surface area contributed by atoms with Crippen LogP contribution in [0, 0.1) is 5.82 Å². The highest BCUT2D eigenvalue weighted by molar-refractivity contribution is 7.90. The Morgan fingerprint density at radius 2 is 1.61 bits per heavy atom. The maximum atomic E-state index is 13.7. The van der Waals surface area contributed by atoms with Gasteiger partial charge in [-0.15, -0.1) is 0 Å². The first-order valence-corrected chi connectivity index (χ1v) is 13.2. The molecule has 0 fully saturated rings. The molecule has 2 heterocycles. The molecule has 7 nitrogen and oxygen atoms in total. The van der Waals surface area contributed by atoms with Gasteiger partial charge in [-0.3, -0.25) is 0 Å². The van der Waals surface area contributed by atoms with Crippen LogP contribution < -0.4 is 5.73 Å². The SMILES string of the molecule is CC(C)S(=O)(=O)n1c(N)nc2ccc(-c3nc(-c4c(Cl)cccc4Cl)[nH]c3-c3ccc(F)cc3)cc21. The molecule has 0 radical (unpaired) electrons. The molecule has 0 spiro atoms. The molecule has 0 unspecified atom stereocenters.